The highest BCUT2D eigenvalue weighted by Crippen LogP contribution is 2.22. The number of phenols is 1. The Labute approximate surface area is 96.5 Å². The molecular weight excluding hydrogens is 235 g/mol. The molecule has 0 aliphatic carbocycles. The van der Waals surface area contributed by atoms with E-state index < -0.39 is 18.6 Å². The quantitative estimate of drug-likeness (QED) is 0.871. The summed E-state index contributed by atoms with van der Waals surface area (Å²) in [5, 5.41) is 9.37. The average molecular weight is 247 g/mol. The first kappa shape index (κ1) is 13.3. The van der Waals surface area contributed by atoms with E-state index in [2.05, 4.69) is 0 Å². The van der Waals surface area contributed by atoms with Crippen molar-refractivity contribution in [3.05, 3.63) is 29.3 Å². The molecule has 0 spiro atoms. The molecule has 0 aliphatic rings. The molecule has 17 heavy (non-hydrogen) atoms. The number of carbonyl (C=O) groups is 1. The van der Waals surface area contributed by atoms with Crippen LogP contribution in [0.2, 0.25) is 0 Å². The van der Waals surface area contributed by atoms with Gasteiger partial charge in [0.2, 0.25) is 0 Å². The van der Waals surface area contributed by atoms with E-state index in [9.17, 15) is 23.1 Å². The zero-order valence-corrected chi connectivity index (χ0v) is 9.38. The molecular formula is C11H12F3NO2. The zero-order chi connectivity index (χ0) is 13.2. The summed E-state index contributed by atoms with van der Waals surface area (Å²) in [7, 11) is 1.07. The molecule has 0 aliphatic heterocycles. The summed E-state index contributed by atoms with van der Waals surface area (Å²) in [6.45, 7) is 0.158. The van der Waals surface area contributed by atoms with Crippen molar-refractivity contribution in [2.45, 2.75) is 13.1 Å². The molecule has 1 N–H and O–H groups in total. The molecule has 0 atom stereocenters. The molecule has 0 radical (unpaired) electrons. The van der Waals surface area contributed by atoms with Gasteiger partial charge in [-0.2, -0.15) is 13.2 Å². The van der Waals surface area contributed by atoms with Gasteiger partial charge in [0.05, 0.1) is 0 Å². The largest absolute Gasteiger partial charge is 0.508 e. The van der Waals surface area contributed by atoms with Gasteiger partial charge in [0.25, 0.3) is 5.91 Å². The topological polar surface area (TPSA) is 40.5 Å². The predicted molar refractivity (Wildman–Crippen MR) is 55.9 cm³/mol. The fourth-order valence-electron chi connectivity index (χ4n) is 1.40. The van der Waals surface area contributed by atoms with E-state index in [1.165, 1.54) is 25.1 Å². The molecule has 3 nitrogen and oxygen atoms in total. The lowest BCUT2D eigenvalue weighted by molar-refractivity contribution is -0.138. The van der Waals surface area contributed by atoms with E-state index in [1.54, 1.807) is 0 Å². The highest BCUT2D eigenvalue weighted by atomic mass is 19.4. The van der Waals surface area contributed by atoms with Gasteiger partial charge in [-0.3, -0.25) is 4.79 Å². The average Bonchev–Trinajstić information content (AvgIpc) is 2.18. The fourth-order valence-corrected chi connectivity index (χ4v) is 1.40. The van der Waals surface area contributed by atoms with Gasteiger partial charge in [-0.05, 0) is 19.1 Å². The minimum absolute atomic E-state index is 0.0664. The van der Waals surface area contributed by atoms with E-state index in [0.717, 1.165) is 7.05 Å². The van der Waals surface area contributed by atoms with Crippen molar-refractivity contribution in [1.82, 2.24) is 4.90 Å². The van der Waals surface area contributed by atoms with Crippen molar-refractivity contribution >= 4 is 5.91 Å². The summed E-state index contributed by atoms with van der Waals surface area (Å²) in [4.78, 5) is 12.3. The smallest absolute Gasteiger partial charge is 0.406 e. The molecule has 0 saturated heterocycles. The van der Waals surface area contributed by atoms with Gasteiger partial charge < -0.3 is 10.0 Å². The third kappa shape index (κ3) is 3.37. The summed E-state index contributed by atoms with van der Waals surface area (Å²) in [6, 6.07) is 4.16. The first-order chi connectivity index (χ1) is 7.72. The zero-order valence-electron chi connectivity index (χ0n) is 9.38. The number of rotatable bonds is 2. The molecule has 1 aromatic carbocycles. The number of hydrogen-bond acceptors (Lipinski definition) is 2. The molecule has 1 amide bonds. The number of aromatic hydroxyl groups is 1. The summed E-state index contributed by atoms with van der Waals surface area (Å²) < 4.78 is 36.4. The van der Waals surface area contributed by atoms with E-state index in [4.69, 9.17) is 0 Å². The van der Waals surface area contributed by atoms with Gasteiger partial charge in [-0.1, -0.05) is 6.07 Å². The van der Waals surface area contributed by atoms with Crippen LogP contribution in [0.4, 0.5) is 13.2 Å². The van der Waals surface area contributed by atoms with Crippen molar-refractivity contribution in [3.63, 3.8) is 0 Å². The molecule has 0 unspecified atom stereocenters. The monoisotopic (exact) mass is 247 g/mol. The van der Waals surface area contributed by atoms with Crippen molar-refractivity contribution < 1.29 is 23.1 Å². The molecule has 0 aromatic heterocycles. The van der Waals surface area contributed by atoms with Gasteiger partial charge in [0, 0.05) is 18.2 Å². The molecule has 94 valence electrons. The van der Waals surface area contributed by atoms with Gasteiger partial charge in [-0.25, -0.2) is 0 Å². The summed E-state index contributed by atoms with van der Waals surface area (Å²) in [6.07, 6.45) is -4.44. The van der Waals surface area contributed by atoms with Gasteiger partial charge >= 0.3 is 6.18 Å². The minimum Gasteiger partial charge on any atom is -0.508 e. The third-order valence-corrected chi connectivity index (χ3v) is 2.30. The predicted octanol–water partition coefficient (Wildman–Crippen LogP) is 2.33. The number of halogens is 3. The minimum atomic E-state index is -4.44. The summed E-state index contributed by atoms with van der Waals surface area (Å²) >= 11 is 0. The van der Waals surface area contributed by atoms with Crippen LogP contribution in [0.25, 0.3) is 0 Å². The Morgan fingerprint density at radius 3 is 2.53 bits per heavy atom. The first-order valence-corrected chi connectivity index (χ1v) is 4.83. The number of nitrogens with zero attached hydrogens (tertiary/aromatic N) is 1. The van der Waals surface area contributed by atoms with Crippen molar-refractivity contribution in [2.24, 2.45) is 0 Å². The number of alkyl halides is 3. The Morgan fingerprint density at radius 2 is 2.00 bits per heavy atom. The number of carbonyl (C=O) groups excluding carboxylic acids is 1. The molecule has 0 saturated carbocycles. The first-order valence-electron chi connectivity index (χ1n) is 4.83. The van der Waals surface area contributed by atoms with E-state index in [1.807, 2.05) is 0 Å². The molecule has 0 bridgehead atoms. The molecule has 1 aromatic rings. The number of amides is 1. The van der Waals surface area contributed by atoms with Crippen molar-refractivity contribution in [3.8, 4) is 5.75 Å². The van der Waals surface area contributed by atoms with Crippen LogP contribution in [0, 0.1) is 6.92 Å². The normalized spacial score (nSPS) is 11.4. The molecule has 1 rings (SSSR count). The Kier molecular flexibility index (Phi) is 3.65. The highest BCUT2D eigenvalue weighted by Gasteiger charge is 2.31. The van der Waals surface area contributed by atoms with E-state index in [-0.39, 0.29) is 16.9 Å². The van der Waals surface area contributed by atoms with Gasteiger partial charge in [0.1, 0.15) is 12.3 Å². The van der Waals surface area contributed by atoms with Crippen molar-refractivity contribution in [1.29, 1.82) is 0 Å². The second-order valence-corrected chi connectivity index (χ2v) is 3.73. The SMILES string of the molecule is Cc1c(O)cccc1C(=O)N(C)CC(F)(F)F. The lowest BCUT2D eigenvalue weighted by atomic mass is 10.1. The lowest BCUT2D eigenvalue weighted by Gasteiger charge is -2.20. The van der Waals surface area contributed by atoms with Crippen LogP contribution in [0.3, 0.4) is 0 Å². The Morgan fingerprint density at radius 1 is 1.41 bits per heavy atom. The summed E-state index contributed by atoms with van der Waals surface area (Å²) in [5.74, 6) is -0.882. The highest BCUT2D eigenvalue weighted by molar-refractivity contribution is 5.96. The van der Waals surface area contributed by atoms with E-state index in [0.29, 0.717) is 4.90 Å². The molecule has 6 heteroatoms. The van der Waals surface area contributed by atoms with Crippen LogP contribution in [0.5, 0.6) is 5.75 Å². The fraction of sp³-hybridized carbons (Fsp3) is 0.364. The van der Waals surface area contributed by atoms with Crippen LogP contribution < -0.4 is 0 Å². The number of benzene rings is 1. The van der Waals surface area contributed by atoms with Crippen LogP contribution >= 0.6 is 0 Å². The Hall–Kier alpha value is -1.72. The number of phenolic OH excluding ortho intramolecular Hbond substituents is 1. The standard InChI is InChI=1S/C11H12F3NO2/c1-7-8(4-3-5-9(7)16)10(17)15(2)6-11(12,13)14/h3-5,16H,6H2,1-2H3. The van der Waals surface area contributed by atoms with Crippen LogP contribution in [-0.2, 0) is 0 Å². The number of hydrogen-bond donors (Lipinski definition) is 1. The Bertz CT molecular complexity index is 429. The maximum atomic E-state index is 12.1. The molecule has 0 fully saturated rings. The second kappa shape index (κ2) is 4.65. The lowest BCUT2D eigenvalue weighted by Crippen LogP contribution is -2.36. The van der Waals surface area contributed by atoms with Crippen LogP contribution in [0.15, 0.2) is 18.2 Å². The third-order valence-electron chi connectivity index (χ3n) is 2.30. The van der Waals surface area contributed by atoms with Crippen LogP contribution in [0.1, 0.15) is 15.9 Å². The Balaban J connectivity index is 2.93. The van der Waals surface area contributed by atoms with E-state index >= 15 is 0 Å². The maximum Gasteiger partial charge on any atom is 0.406 e. The second-order valence-electron chi connectivity index (χ2n) is 3.73. The van der Waals surface area contributed by atoms with Gasteiger partial charge in [0.15, 0.2) is 0 Å². The van der Waals surface area contributed by atoms with Gasteiger partial charge in [-0.15, -0.1) is 0 Å². The van der Waals surface area contributed by atoms with Crippen LogP contribution in [-0.4, -0.2) is 35.7 Å². The maximum absolute atomic E-state index is 12.1. The van der Waals surface area contributed by atoms with Crippen molar-refractivity contribution in [2.75, 3.05) is 13.6 Å². The molecule has 0 heterocycles. The summed E-state index contributed by atoms with van der Waals surface area (Å²) in [5.41, 5.74) is 0.336.